The highest BCUT2D eigenvalue weighted by Crippen LogP contribution is 2.30. The molecule has 1 N–H and O–H groups in total. The van der Waals surface area contributed by atoms with E-state index in [4.69, 9.17) is 5.11 Å². The summed E-state index contributed by atoms with van der Waals surface area (Å²) in [5, 5.41) is 8.99. The van der Waals surface area contributed by atoms with Crippen LogP contribution in [0.4, 0.5) is 0 Å². The zero-order chi connectivity index (χ0) is 15.5. The maximum Gasteiger partial charge on any atom is 0.229 e. The minimum atomic E-state index is 0.0143. The monoisotopic (exact) mass is 308 g/mol. The van der Waals surface area contributed by atoms with Crippen molar-refractivity contribution in [1.82, 2.24) is 9.80 Å². The van der Waals surface area contributed by atoms with Crippen LogP contribution in [0.2, 0.25) is 0 Å². The van der Waals surface area contributed by atoms with Crippen molar-refractivity contribution in [1.29, 1.82) is 0 Å². The molecule has 1 saturated carbocycles. The van der Waals surface area contributed by atoms with Gasteiger partial charge in [0.2, 0.25) is 11.8 Å². The maximum absolute atomic E-state index is 12.4. The Balaban J connectivity index is 1.43. The van der Waals surface area contributed by atoms with Gasteiger partial charge >= 0.3 is 0 Å². The molecule has 0 bridgehead atoms. The smallest absolute Gasteiger partial charge is 0.229 e. The van der Waals surface area contributed by atoms with E-state index in [-0.39, 0.29) is 30.3 Å². The van der Waals surface area contributed by atoms with Crippen molar-refractivity contribution in [3.05, 3.63) is 0 Å². The van der Waals surface area contributed by atoms with Crippen molar-refractivity contribution >= 4 is 11.8 Å². The topological polar surface area (TPSA) is 60.9 Å². The molecular formula is C17H28N2O3. The van der Waals surface area contributed by atoms with E-state index in [1.54, 1.807) is 0 Å². The highest BCUT2D eigenvalue weighted by molar-refractivity contribution is 5.85. The quantitative estimate of drug-likeness (QED) is 0.850. The molecule has 2 amide bonds. The molecule has 3 fully saturated rings. The van der Waals surface area contributed by atoms with E-state index in [0.29, 0.717) is 19.0 Å². The maximum atomic E-state index is 12.4. The summed E-state index contributed by atoms with van der Waals surface area (Å²) < 4.78 is 0. The van der Waals surface area contributed by atoms with E-state index in [1.807, 2.05) is 9.80 Å². The first-order valence-corrected chi connectivity index (χ1v) is 8.87. The Morgan fingerprint density at radius 1 is 0.864 bits per heavy atom. The number of likely N-dealkylation sites (tertiary alicyclic amines) is 2. The molecule has 1 aliphatic carbocycles. The minimum absolute atomic E-state index is 0.0143. The molecule has 0 radical (unpaired) electrons. The molecule has 2 saturated heterocycles. The third kappa shape index (κ3) is 3.29. The lowest BCUT2D eigenvalue weighted by Crippen LogP contribution is -2.57. The Morgan fingerprint density at radius 2 is 1.55 bits per heavy atom. The van der Waals surface area contributed by atoms with Crippen molar-refractivity contribution in [2.75, 3.05) is 32.8 Å². The molecule has 5 nitrogen and oxygen atoms in total. The molecule has 2 aliphatic heterocycles. The number of aliphatic hydroxyl groups is 1. The van der Waals surface area contributed by atoms with Crippen LogP contribution >= 0.6 is 0 Å². The first-order chi connectivity index (χ1) is 10.7. The molecule has 0 aromatic heterocycles. The van der Waals surface area contributed by atoms with Crippen molar-refractivity contribution in [3.8, 4) is 0 Å². The van der Waals surface area contributed by atoms with Gasteiger partial charge in [0.15, 0.2) is 0 Å². The van der Waals surface area contributed by atoms with Crippen molar-refractivity contribution in [2.45, 2.75) is 44.9 Å². The minimum Gasteiger partial charge on any atom is -0.396 e. The van der Waals surface area contributed by atoms with Gasteiger partial charge in [-0.3, -0.25) is 9.59 Å². The van der Waals surface area contributed by atoms with E-state index in [9.17, 15) is 9.59 Å². The standard InChI is InChI=1S/C17H28N2O3/c20-9-7-13-6-8-18(10-13)17(22)15-11-19(12-15)16(21)14-4-2-1-3-5-14/h13-15,20H,1-12H2. The van der Waals surface area contributed by atoms with Gasteiger partial charge in [0.1, 0.15) is 0 Å². The summed E-state index contributed by atoms with van der Waals surface area (Å²) in [6, 6.07) is 0. The Labute approximate surface area is 132 Å². The highest BCUT2D eigenvalue weighted by atomic mass is 16.3. The van der Waals surface area contributed by atoms with E-state index in [2.05, 4.69) is 0 Å². The largest absolute Gasteiger partial charge is 0.396 e. The van der Waals surface area contributed by atoms with Crippen LogP contribution in [0.5, 0.6) is 0 Å². The van der Waals surface area contributed by atoms with Gasteiger partial charge in [-0.15, -0.1) is 0 Å². The molecule has 3 aliphatic rings. The first kappa shape index (κ1) is 15.8. The number of hydrogen-bond donors (Lipinski definition) is 1. The van der Waals surface area contributed by atoms with Crippen LogP contribution in [0, 0.1) is 17.8 Å². The van der Waals surface area contributed by atoms with Gasteiger partial charge in [-0.05, 0) is 31.6 Å². The fourth-order valence-electron chi connectivity index (χ4n) is 4.13. The zero-order valence-electron chi connectivity index (χ0n) is 13.4. The zero-order valence-corrected chi connectivity index (χ0v) is 13.4. The van der Waals surface area contributed by atoms with Gasteiger partial charge in [0, 0.05) is 38.7 Å². The molecule has 3 rings (SSSR count). The van der Waals surface area contributed by atoms with E-state index < -0.39 is 0 Å². The SMILES string of the molecule is O=C(C1CN(C(=O)C2CCCCC2)C1)N1CCC(CCO)C1. The van der Waals surface area contributed by atoms with E-state index in [0.717, 1.165) is 38.8 Å². The van der Waals surface area contributed by atoms with Crippen LogP contribution in [-0.4, -0.2) is 59.5 Å². The summed E-state index contributed by atoms with van der Waals surface area (Å²) in [4.78, 5) is 28.7. The summed E-state index contributed by atoms with van der Waals surface area (Å²) in [6.07, 6.45) is 7.46. The highest BCUT2D eigenvalue weighted by Gasteiger charge is 2.41. The molecule has 5 heteroatoms. The number of carbonyl (C=O) groups excluding carboxylic acids is 2. The van der Waals surface area contributed by atoms with Gasteiger partial charge in [-0.2, -0.15) is 0 Å². The first-order valence-electron chi connectivity index (χ1n) is 8.87. The van der Waals surface area contributed by atoms with Crippen molar-refractivity contribution < 1.29 is 14.7 Å². The number of nitrogens with zero attached hydrogens (tertiary/aromatic N) is 2. The number of aliphatic hydroxyl groups excluding tert-OH is 1. The molecule has 0 aromatic carbocycles. The second kappa shape index (κ2) is 6.99. The molecule has 2 heterocycles. The number of carbonyl (C=O) groups is 2. The van der Waals surface area contributed by atoms with E-state index >= 15 is 0 Å². The van der Waals surface area contributed by atoms with Crippen molar-refractivity contribution in [2.24, 2.45) is 17.8 Å². The lowest BCUT2D eigenvalue weighted by molar-refractivity contribution is -0.151. The van der Waals surface area contributed by atoms with Crippen LogP contribution < -0.4 is 0 Å². The number of hydrogen-bond acceptors (Lipinski definition) is 3. The lowest BCUT2D eigenvalue weighted by atomic mass is 9.86. The molecule has 1 unspecified atom stereocenters. The summed E-state index contributed by atoms with van der Waals surface area (Å²) in [7, 11) is 0. The van der Waals surface area contributed by atoms with Crippen LogP contribution in [0.25, 0.3) is 0 Å². The van der Waals surface area contributed by atoms with Gasteiger partial charge in [-0.1, -0.05) is 19.3 Å². The van der Waals surface area contributed by atoms with Crippen LogP contribution in [0.15, 0.2) is 0 Å². The van der Waals surface area contributed by atoms with Crippen LogP contribution in [-0.2, 0) is 9.59 Å². The van der Waals surface area contributed by atoms with Gasteiger partial charge < -0.3 is 14.9 Å². The number of rotatable bonds is 4. The van der Waals surface area contributed by atoms with E-state index in [1.165, 1.54) is 19.3 Å². The Bertz CT molecular complexity index is 414. The Morgan fingerprint density at radius 3 is 2.23 bits per heavy atom. The molecular weight excluding hydrogens is 280 g/mol. The third-order valence-electron chi connectivity index (χ3n) is 5.63. The van der Waals surface area contributed by atoms with Crippen molar-refractivity contribution in [3.63, 3.8) is 0 Å². The summed E-state index contributed by atoms with van der Waals surface area (Å²) in [5.74, 6) is 1.18. The molecule has 124 valence electrons. The van der Waals surface area contributed by atoms with Gasteiger partial charge in [0.05, 0.1) is 5.92 Å². The van der Waals surface area contributed by atoms with Crippen LogP contribution in [0.1, 0.15) is 44.9 Å². The Kier molecular flexibility index (Phi) is 5.01. The second-order valence-corrected chi connectivity index (χ2v) is 7.23. The average molecular weight is 308 g/mol. The number of amides is 2. The van der Waals surface area contributed by atoms with Gasteiger partial charge in [-0.25, -0.2) is 0 Å². The predicted octanol–water partition coefficient (Wildman–Crippen LogP) is 1.26. The summed E-state index contributed by atoms with van der Waals surface area (Å²) >= 11 is 0. The molecule has 0 spiro atoms. The van der Waals surface area contributed by atoms with Crippen LogP contribution in [0.3, 0.4) is 0 Å². The Hall–Kier alpha value is -1.10. The molecule has 1 atom stereocenters. The second-order valence-electron chi connectivity index (χ2n) is 7.23. The fraction of sp³-hybridized carbons (Fsp3) is 0.882. The normalized spacial score (nSPS) is 27.0. The molecule has 0 aromatic rings. The lowest BCUT2D eigenvalue weighted by Gasteiger charge is -2.42. The summed E-state index contributed by atoms with van der Waals surface area (Å²) in [6.45, 7) is 3.05. The molecule has 22 heavy (non-hydrogen) atoms. The third-order valence-corrected chi connectivity index (χ3v) is 5.63. The van der Waals surface area contributed by atoms with Gasteiger partial charge in [0.25, 0.3) is 0 Å². The summed E-state index contributed by atoms with van der Waals surface area (Å²) in [5.41, 5.74) is 0. The average Bonchev–Trinajstić information content (AvgIpc) is 2.95. The predicted molar refractivity (Wildman–Crippen MR) is 83.0 cm³/mol. The fourth-order valence-corrected chi connectivity index (χ4v) is 4.13.